The molecule has 0 aliphatic carbocycles. The van der Waals surface area contributed by atoms with Crippen LogP contribution in [0.15, 0.2) is 90.2 Å². The van der Waals surface area contributed by atoms with Gasteiger partial charge in [0.05, 0.1) is 17.0 Å². The van der Waals surface area contributed by atoms with Gasteiger partial charge in [0, 0.05) is 24.3 Å². The summed E-state index contributed by atoms with van der Waals surface area (Å²) in [5, 5.41) is 6.95. The Hall–Kier alpha value is -4.05. The van der Waals surface area contributed by atoms with Crippen molar-refractivity contribution >= 4 is 27.3 Å². The number of carbonyl (C=O) groups excluding carboxylic acids is 1. The normalized spacial score (nSPS) is 11.2. The fourth-order valence-electron chi connectivity index (χ4n) is 2.97. The number of halogens is 1. The van der Waals surface area contributed by atoms with Crippen LogP contribution in [-0.4, -0.2) is 29.1 Å². The number of carbonyl (C=O) groups is 1. The second-order valence-electron chi connectivity index (χ2n) is 6.81. The molecule has 0 fully saturated rings. The molecule has 2 N–H and O–H groups in total. The molecule has 8 nitrogen and oxygen atoms in total. The molecule has 2 aromatic heterocycles. The summed E-state index contributed by atoms with van der Waals surface area (Å²) in [5.41, 5.74) is 1.54. The lowest BCUT2D eigenvalue weighted by Crippen LogP contribution is -2.17. The average molecular weight is 451 g/mol. The maximum Gasteiger partial charge on any atom is 0.261 e. The van der Waals surface area contributed by atoms with Crippen molar-refractivity contribution < 1.29 is 17.6 Å². The van der Waals surface area contributed by atoms with Gasteiger partial charge in [-0.2, -0.15) is 5.10 Å². The number of sulfonamides is 1. The fourth-order valence-corrected chi connectivity index (χ4v) is 4.03. The molecule has 0 saturated heterocycles. The molecule has 10 heteroatoms. The van der Waals surface area contributed by atoms with Crippen molar-refractivity contribution in [3.05, 3.63) is 96.7 Å². The first-order valence-corrected chi connectivity index (χ1v) is 11.0. The van der Waals surface area contributed by atoms with E-state index < -0.39 is 15.8 Å². The van der Waals surface area contributed by atoms with Gasteiger partial charge in [0.15, 0.2) is 5.82 Å². The molecule has 1 amide bonds. The number of benzene rings is 2. The number of anilines is 2. The van der Waals surface area contributed by atoms with E-state index in [4.69, 9.17) is 0 Å². The lowest BCUT2D eigenvalue weighted by atomic mass is 10.1. The zero-order valence-corrected chi connectivity index (χ0v) is 17.5. The van der Waals surface area contributed by atoms with Gasteiger partial charge >= 0.3 is 0 Å². The van der Waals surface area contributed by atoms with Crippen LogP contribution in [0.4, 0.5) is 15.8 Å². The number of amides is 1. The summed E-state index contributed by atoms with van der Waals surface area (Å²) in [6.07, 6.45) is 5.03. The van der Waals surface area contributed by atoms with Gasteiger partial charge in [0.25, 0.3) is 10.0 Å². The van der Waals surface area contributed by atoms with Crippen LogP contribution in [0.25, 0.3) is 5.82 Å². The molecular formula is C22H18FN5O3S. The maximum absolute atomic E-state index is 13.0. The molecule has 0 saturated carbocycles. The first-order chi connectivity index (χ1) is 15.4. The minimum Gasteiger partial charge on any atom is -0.323 e. The van der Waals surface area contributed by atoms with Crippen molar-refractivity contribution in [3.63, 3.8) is 0 Å². The molecule has 0 atom stereocenters. The van der Waals surface area contributed by atoms with E-state index in [-0.39, 0.29) is 17.2 Å². The molecule has 0 radical (unpaired) electrons. The number of nitrogens with zero attached hydrogens (tertiary/aromatic N) is 3. The molecule has 2 aromatic carbocycles. The van der Waals surface area contributed by atoms with Gasteiger partial charge in [-0.05, 0) is 60.2 Å². The molecule has 0 aliphatic rings. The van der Waals surface area contributed by atoms with Crippen LogP contribution in [0.1, 0.15) is 5.56 Å². The van der Waals surface area contributed by atoms with E-state index in [0.717, 1.165) is 12.1 Å². The summed E-state index contributed by atoms with van der Waals surface area (Å²) in [6.45, 7) is 0. The summed E-state index contributed by atoms with van der Waals surface area (Å²) in [5.74, 6) is -0.281. The Morgan fingerprint density at radius 3 is 2.41 bits per heavy atom. The molecule has 32 heavy (non-hydrogen) atoms. The van der Waals surface area contributed by atoms with E-state index in [1.807, 2.05) is 0 Å². The Morgan fingerprint density at radius 2 is 1.72 bits per heavy atom. The van der Waals surface area contributed by atoms with Gasteiger partial charge in [0.1, 0.15) is 5.82 Å². The summed E-state index contributed by atoms with van der Waals surface area (Å²) in [4.78, 5) is 16.7. The minimum atomic E-state index is -3.84. The van der Waals surface area contributed by atoms with Gasteiger partial charge in [-0.1, -0.05) is 12.1 Å². The second kappa shape index (κ2) is 8.98. The van der Waals surface area contributed by atoms with Crippen molar-refractivity contribution in [1.29, 1.82) is 0 Å². The molecule has 0 spiro atoms. The van der Waals surface area contributed by atoms with Gasteiger partial charge in [-0.3, -0.25) is 9.52 Å². The summed E-state index contributed by atoms with van der Waals surface area (Å²) in [7, 11) is -3.84. The van der Waals surface area contributed by atoms with Crippen molar-refractivity contribution in [2.75, 3.05) is 10.0 Å². The highest BCUT2D eigenvalue weighted by Gasteiger charge is 2.15. The van der Waals surface area contributed by atoms with Crippen LogP contribution in [0.5, 0.6) is 0 Å². The zero-order chi connectivity index (χ0) is 22.6. The highest BCUT2D eigenvalue weighted by atomic mass is 32.2. The van der Waals surface area contributed by atoms with E-state index in [1.165, 1.54) is 12.1 Å². The van der Waals surface area contributed by atoms with Gasteiger partial charge < -0.3 is 5.32 Å². The summed E-state index contributed by atoms with van der Waals surface area (Å²) < 4.78 is 41.8. The van der Waals surface area contributed by atoms with Crippen LogP contribution < -0.4 is 10.0 Å². The Bertz CT molecular complexity index is 1320. The molecule has 4 aromatic rings. The van der Waals surface area contributed by atoms with E-state index in [2.05, 4.69) is 20.1 Å². The predicted molar refractivity (Wildman–Crippen MR) is 117 cm³/mol. The second-order valence-corrected chi connectivity index (χ2v) is 8.49. The summed E-state index contributed by atoms with van der Waals surface area (Å²) >= 11 is 0. The lowest BCUT2D eigenvalue weighted by Gasteiger charge is -2.11. The third-order valence-corrected chi connectivity index (χ3v) is 5.87. The number of nitrogens with one attached hydrogen (secondary N) is 2. The van der Waals surface area contributed by atoms with Crippen molar-refractivity contribution in [1.82, 2.24) is 14.8 Å². The highest BCUT2D eigenvalue weighted by Crippen LogP contribution is 2.19. The molecule has 0 bridgehead atoms. The topological polar surface area (TPSA) is 106 Å². The number of pyridine rings is 1. The number of hydrogen-bond acceptors (Lipinski definition) is 5. The van der Waals surface area contributed by atoms with Gasteiger partial charge in [-0.25, -0.2) is 22.5 Å². The van der Waals surface area contributed by atoms with Gasteiger partial charge in [0.2, 0.25) is 5.91 Å². The Morgan fingerprint density at radius 1 is 0.969 bits per heavy atom. The predicted octanol–water partition coefficient (Wildman–Crippen LogP) is 3.39. The fraction of sp³-hybridized carbons (Fsp3) is 0.0455. The van der Waals surface area contributed by atoms with E-state index in [0.29, 0.717) is 22.8 Å². The molecule has 4 rings (SSSR count). The first kappa shape index (κ1) is 21.2. The Balaban J connectivity index is 1.41. The number of hydrogen-bond donors (Lipinski definition) is 2. The lowest BCUT2D eigenvalue weighted by molar-refractivity contribution is -0.115. The summed E-state index contributed by atoms with van der Waals surface area (Å²) in [6, 6.07) is 16.2. The monoisotopic (exact) mass is 451 g/mol. The van der Waals surface area contributed by atoms with Crippen LogP contribution in [0.3, 0.4) is 0 Å². The standard InChI is InChI=1S/C22H18FN5O3S/c23-17-6-10-19(11-7-17)32(30,31)27-18-8-4-16(5-9-18)15-21(29)26-20-3-1-12-24-22(20)28-14-2-13-25-28/h1-14,27H,15H2,(H,26,29). The Kier molecular flexibility index (Phi) is 5.95. The van der Waals surface area contributed by atoms with E-state index >= 15 is 0 Å². The minimum absolute atomic E-state index is 0.0492. The smallest absolute Gasteiger partial charge is 0.261 e. The van der Waals surface area contributed by atoms with Crippen LogP contribution >= 0.6 is 0 Å². The van der Waals surface area contributed by atoms with Crippen LogP contribution in [0.2, 0.25) is 0 Å². The Labute approximate surface area is 183 Å². The van der Waals surface area contributed by atoms with Crippen molar-refractivity contribution in [3.8, 4) is 5.82 Å². The third kappa shape index (κ3) is 4.98. The molecule has 162 valence electrons. The van der Waals surface area contributed by atoms with Crippen molar-refractivity contribution in [2.45, 2.75) is 11.3 Å². The maximum atomic E-state index is 13.0. The zero-order valence-electron chi connectivity index (χ0n) is 16.6. The van der Waals surface area contributed by atoms with Gasteiger partial charge in [-0.15, -0.1) is 0 Å². The number of aromatic nitrogens is 3. The van der Waals surface area contributed by atoms with Crippen LogP contribution in [0, 0.1) is 5.82 Å². The first-order valence-electron chi connectivity index (χ1n) is 9.53. The molecule has 2 heterocycles. The van der Waals surface area contributed by atoms with E-state index in [1.54, 1.807) is 65.7 Å². The molecule has 0 aliphatic heterocycles. The average Bonchev–Trinajstić information content (AvgIpc) is 3.30. The molecular weight excluding hydrogens is 433 g/mol. The van der Waals surface area contributed by atoms with E-state index in [9.17, 15) is 17.6 Å². The number of rotatable bonds is 7. The quantitative estimate of drug-likeness (QED) is 0.448. The van der Waals surface area contributed by atoms with Crippen LogP contribution in [-0.2, 0) is 21.2 Å². The molecule has 0 unspecified atom stereocenters. The third-order valence-electron chi connectivity index (χ3n) is 4.48. The SMILES string of the molecule is O=C(Cc1ccc(NS(=O)(=O)c2ccc(F)cc2)cc1)Nc1cccnc1-n1cccn1. The largest absolute Gasteiger partial charge is 0.323 e. The van der Waals surface area contributed by atoms with Crippen molar-refractivity contribution in [2.24, 2.45) is 0 Å². The highest BCUT2D eigenvalue weighted by molar-refractivity contribution is 7.92.